The molecule has 1 atom stereocenters. The molecule has 4 rings (SSSR count). The fourth-order valence-corrected chi connectivity index (χ4v) is 4.08. The first-order chi connectivity index (χ1) is 15.1. The van der Waals surface area contributed by atoms with Gasteiger partial charge < -0.3 is 10.2 Å². The molecule has 2 aromatic carbocycles. The lowest BCUT2D eigenvalue weighted by Crippen LogP contribution is -2.31. The summed E-state index contributed by atoms with van der Waals surface area (Å²) >= 11 is 0. The molecule has 0 aliphatic carbocycles. The molecule has 32 heavy (non-hydrogen) atoms. The van der Waals surface area contributed by atoms with Gasteiger partial charge in [0.2, 0.25) is 0 Å². The number of aromatic nitrogens is 2. The molecular weight excluding hydrogens is 417 g/mol. The van der Waals surface area contributed by atoms with E-state index in [4.69, 9.17) is 0 Å². The van der Waals surface area contributed by atoms with E-state index in [1.165, 1.54) is 17.0 Å². The molecular formula is C24H25F3N4O. The third-order valence-corrected chi connectivity index (χ3v) is 6.09. The van der Waals surface area contributed by atoms with Crippen LogP contribution in [0.1, 0.15) is 39.0 Å². The quantitative estimate of drug-likeness (QED) is 0.607. The molecule has 1 amide bonds. The van der Waals surface area contributed by atoms with Crippen molar-refractivity contribution in [3.8, 4) is 0 Å². The van der Waals surface area contributed by atoms with E-state index in [1.54, 1.807) is 13.1 Å². The van der Waals surface area contributed by atoms with Crippen LogP contribution in [0, 0.1) is 26.7 Å². The number of hydrogen-bond donors (Lipinski definition) is 1. The van der Waals surface area contributed by atoms with E-state index < -0.39 is 17.6 Å². The number of nitrogens with zero attached hydrogens (tertiary/aromatic N) is 3. The molecule has 3 aromatic rings. The topological polar surface area (TPSA) is 58.1 Å². The number of nitrogens with one attached hydrogen (secondary N) is 1. The molecule has 5 nitrogen and oxygen atoms in total. The van der Waals surface area contributed by atoms with Crippen LogP contribution in [0.2, 0.25) is 0 Å². The standard InChI is InChI=1S/C24H25F3N4O/c1-14-4-6-19(24(25,26)27)18(10-14)23(32)31-9-8-17(13-31)11-29-21-12-28-20-7-5-15(2)16(3)22(20)30-21/h4-7,10,12,17H,8-9,11,13H2,1-3H3,(H,29,30). The van der Waals surface area contributed by atoms with Crippen molar-refractivity contribution in [3.63, 3.8) is 0 Å². The fraction of sp³-hybridized carbons (Fsp3) is 0.375. The van der Waals surface area contributed by atoms with E-state index in [2.05, 4.69) is 15.3 Å². The number of carbonyl (C=O) groups is 1. The Morgan fingerprint density at radius 1 is 1.19 bits per heavy atom. The number of aryl methyl sites for hydroxylation is 3. The maximum atomic E-state index is 13.4. The number of fused-ring (bicyclic) bond motifs is 1. The molecule has 1 aliphatic heterocycles. The van der Waals surface area contributed by atoms with Crippen molar-refractivity contribution in [2.45, 2.75) is 33.4 Å². The number of benzene rings is 2. The Hall–Kier alpha value is -3.16. The summed E-state index contributed by atoms with van der Waals surface area (Å²) in [7, 11) is 0. The third kappa shape index (κ3) is 4.40. The van der Waals surface area contributed by atoms with Crippen molar-refractivity contribution in [3.05, 3.63) is 64.3 Å². The average Bonchev–Trinajstić information content (AvgIpc) is 3.22. The van der Waals surface area contributed by atoms with Crippen LogP contribution >= 0.6 is 0 Å². The van der Waals surface area contributed by atoms with E-state index >= 15 is 0 Å². The lowest BCUT2D eigenvalue weighted by Gasteiger charge is -2.20. The molecule has 168 valence electrons. The predicted octanol–water partition coefficient (Wildman–Crippen LogP) is 5.15. The van der Waals surface area contributed by atoms with Gasteiger partial charge in [0.25, 0.3) is 5.91 Å². The number of amides is 1. The first-order valence-electron chi connectivity index (χ1n) is 10.6. The van der Waals surface area contributed by atoms with Gasteiger partial charge in [-0.3, -0.25) is 9.78 Å². The summed E-state index contributed by atoms with van der Waals surface area (Å²) in [6.45, 7) is 7.11. The summed E-state index contributed by atoms with van der Waals surface area (Å²) in [5.74, 6) is 0.198. The lowest BCUT2D eigenvalue weighted by molar-refractivity contribution is -0.138. The van der Waals surface area contributed by atoms with Crippen molar-refractivity contribution in [1.82, 2.24) is 14.9 Å². The number of alkyl halides is 3. The zero-order chi connectivity index (χ0) is 23.0. The minimum Gasteiger partial charge on any atom is -0.368 e. The van der Waals surface area contributed by atoms with E-state index in [0.29, 0.717) is 37.4 Å². The molecule has 0 radical (unpaired) electrons. The molecule has 1 saturated heterocycles. The molecule has 8 heteroatoms. The molecule has 1 N–H and O–H groups in total. The van der Waals surface area contributed by atoms with Gasteiger partial charge in [-0.2, -0.15) is 13.2 Å². The molecule has 0 bridgehead atoms. The molecule has 0 spiro atoms. The van der Waals surface area contributed by atoms with Crippen LogP contribution in [0.3, 0.4) is 0 Å². The van der Waals surface area contributed by atoms with Crippen LogP contribution in [-0.4, -0.2) is 40.4 Å². The van der Waals surface area contributed by atoms with Crippen LogP contribution in [0.5, 0.6) is 0 Å². The summed E-state index contributed by atoms with van der Waals surface area (Å²) in [4.78, 5) is 23.5. The van der Waals surface area contributed by atoms with Gasteiger partial charge in [-0.05, 0) is 62.4 Å². The second kappa shape index (κ2) is 8.41. The van der Waals surface area contributed by atoms with Gasteiger partial charge in [-0.15, -0.1) is 0 Å². The van der Waals surface area contributed by atoms with Gasteiger partial charge >= 0.3 is 6.18 Å². The number of likely N-dealkylation sites (tertiary alicyclic amines) is 1. The summed E-state index contributed by atoms with van der Waals surface area (Å²) in [5.41, 5.74) is 3.36. The monoisotopic (exact) mass is 442 g/mol. The Balaban J connectivity index is 1.44. The molecule has 1 fully saturated rings. The highest BCUT2D eigenvalue weighted by molar-refractivity contribution is 5.96. The molecule has 2 heterocycles. The maximum Gasteiger partial charge on any atom is 0.417 e. The Morgan fingerprint density at radius 3 is 2.72 bits per heavy atom. The number of rotatable bonds is 4. The van der Waals surface area contributed by atoms with Crippen molar-refractivity contribution in [2.24, 2.45) is 5.92 Å². The number of hydrogen-bond acceptors (Lipinski definition) is 4. The first-order valence-corrected chi connectivity index (χ1v) is 10.6. The Kier molecular flexibility index (Phi) is 5.79. The maximum absolute atomic E-state index is 13.4. The van der Waals surface area contributed by atoms with Gasteiger partial charge in [0.15, 0.2) is 0 Å². The van der Waals surface area contributed by atoms with Crippen molar-refractivity contribution < 1.29 is 18.0 Å². The predicted molar refractivity (Wildman–Crippen MR) is 118 cm³/mol. The Morgan fingerprint density at radius 2 is 1.97 bits per heavy atom. The number of halogens is 3. The van der Waals surface area contributed by atoms with Gasteiger partial charge in [0.1, 0.15) is 5.82 Å². The number of carbonyl (C=O) groups excluding carboxylic acids is 1. The van der Waals surface area contributed by atoms with Crippen LogP contribution < -0.4 is 5.32 Å². The van der Waals surface area contributed by atoms with Crippen molar-refractivity contribution in [2.75, 3.05) is 25.0 Å². The van der Waals surface area contributed by atoms with Gasteiger partial charge in [-0.25, -0.2) is 4.98 Å². The van der Waals surface area contributed by atoms with Crippen molar-refractivity contribution >= 4 is 22.8 Å². The van der Waals surface area contributed by atoms with E-state index in [9.17, 15) is 18.0 Å². The highest BCUT2D eigenvalue weighted by atomic mass is 19.4. The number of anilines is 1. The van der Waals surface area contributed by atoms with Crippen LogP contribution in [0.15, 0.2) is 36.5 Å². The summed E-state index contributed by atoms with van der Waals surface area (Å²) in [6.07, 6.45) is -2.17. The minimum absolute atomic E-state index is 0.120. The van der Waals surface area contributed by atoms with Crippen LogP contribution in [0.4, 0.5) is 19.0 Å². The van der Waals surface area contributed by atoms with Gasteiger partial charge in [-0.1, -0.05) is 17.7 Å². The van der Waals surface area contributed by atoms with E-state index in [-0.39, 0.29) is 11.5 Å². The third-order valence-electron chi connectivity index (χ3n) is 6.09. The zero-order valence-corrected chi connectivity index (χ0v) is 18.3. The average molecular weight is 442 g/mol. The zero-order valence-electron chi connectivity index (χ0n) is 18.3. The Labute approximate surface area is 184 Å². The van der Waals surface area contributed by atoms with E-state index in [1.807, 2.05) is 26.0 Å². The van der Waals surface area contributed by atoms with Gasteiger partial charge in [0.05, 0.1) is 28.4 Å². The van der Waals surface area contributed by atoms with Crippen LogP contribution in [0.25, 0.3) is 11.0 Å². The summed E-state index contributed by atoms with van der Waals surface area (Å²) < 4.78 is 40.1. The normalized spacial score (nSPS) is 16.6. The second-order valence-corrected chi connectivity index (χ2v) is 8.46. The second-order valence-electron chi connectivity index (χ2n) is 8.46. The highest BCUT2D eigenvalue weighted by Crippen LogP contribution is 2.34. The summed E-state index contributed by atoms with van der Waals surface area (Å²) in [6, 6.07) is 7.65. The highest BCUT2D eigenvalue weighted by Gasteiger charge is 2.37. The largest absolute Gasteiger partial charge is 0.417 e. The smallest absolute Gasteiger partial charge is 0.368 e. The lowest BCUT2D eigenvalue weighted by atomic mass is 10.0. The molecule has 1 unspecified atom stereocenters. The molecule has 1 aromatic heterocycles. The first kappa shape index (κ1) is 22.0. The minimum atomic E-state index is -4.56. The van der Waals surface area contributed by atoms with E-state index in [0.717, 1.165) is 28.2 Å². The Bertz CT molecular complexity index is 1180. The SMILES string of the molecule is Cc1ccc(C(F)(F)F)c(C(=O)N2CCC(CNc3cnc4ccc(C)c(C)c4n3)C2)c1. The van der Waals surface area contributed by atoms with Crippen LogP contribution in [-0.2, 0) is 6.18 Å². The molecule has 1 aliphatic rings. The van der Waals surface area contributed by atoms with Crippen molar-refractivity contribution in [1.29, 1.82) is 0 Å². The fourth-order valence-electron chi connectivity index (χ4n) is 4.08. The van der Waals surface area contributed by atoms with Gasteiger partial charge in [0, 0.05) is 19.6 Å². The molecule has 0 saturated carbocycles. The summed E-state index contributed by atoms with van der Waals surface area (Å²) in [5, 5.41) is 3.28.